The number of fused-ring (bicyclic) bond motifs is 2. The van der Waals surface area contributed by atoms with E-state index in [0.717, 1.165) is 12.8 Å². The Bertz CT molecular complexity index is 667. The van der Waals surface area contributed by atoms with E-state index in [-0.39, 0.29) is 17.3 Å². The maximum atomic E-state index is 12.4. The lowest BCUT2D eigenvalue weighted by Crippen LogP contribution is -2.47. The van der Waals surface area contributed by atoms with Gasteiger partial charge in [0.1, 0.15) is 0 Å². The molecule has 0 spiro atoms. The average molecular weight is 377 g/mol. The van der Waals surface area contributed by atoms with E-state index >= 15 is 0 Å². The van der Waals surface area contributed by atoms with Gasteiger partial charge in [-0.1, -0.05) is 39.2 Å². The van der Waals surface area contributed by atoms with Gasteiger partial charge in [-0.05, 0) is 65.2 Å². The molecular weight excluding hydrogens is 340 g/mol. The molecule has 0 aromatic rings. The minimum absolute atomic E-state index is 0.215. The lowest BCUT2D eigenvalue weighted by Gasteiger charge is -2.44. The van der Waals surface area contributed by atoms with Crippen molar-refractivity contribution < 1.29 is 19.3 Å². The molecule has 0 radical (unpaired) electrons. The van der Waals surface area contributed by atoms with Crippen LogP contribution in [0, 0.1) is 35.0 Å². The summed E-state index contributed by atoms with van der Waals surface area (Å²) in [6.07, 6.45) is 1.79. The number of hydrogen-bond donors (Lipinski definition) is 0. The van der Waals surface area contributed by atoms with Gasteiger partial charge in [0.25, 0.3) is 0 Å². The van der Waals surface area contributed by atoms with Crippen LogP contribution in [-0.4, -0.2) is 22.8 Å². The third-order valence-electron chi connectivity index (χ3n) is 6.21. The highest BCUT2D eigenvalue weighted by Crippen LogP contribution is 2.63. The van der Waals surface area contributed by atoms with E-state index in [9.17, 15) is 4.79 Å². The first-order valence-electron chi connectivity index (χ1n) is 9.90. The Balaban J connectivity index is 2.32. The SMILES string of the molecule is C=C(C)C(=O)O[C@@]1(C#CC(C)(C)OOC(C)(C)C)C[C@H]2C[C@H]1[C@H](C)C2(C)C. The predicted molar refractivity (Wildman–Crippen MR) is 107 cm³/mol. The van der Waals surface area contributed by atoms with Crippen LogP contribution < -0.4 is 0 Å². The minimum atomic E-state index is -0.809. The van der Waals surface area contributed by atoms with Crippen LogP contribution in [0.25, 0.3) is 0 Å². The van der Waals surface area contributed by atoms with Crippen LogP contribution in [0.3, 0.4) is 0 Å². The number of carbonyl (C=O) groups excluding carboxylic acids is 1. The zero-order chi connectivity index (χ0) is 20.8. The minimum Gasteiger partial charge on any atom is -0.442 e. The third-order valence-corrected chi connectivity index (χ3v) is 6.21. The van der Waals surface area contributed by atoms with E-state index in [2.05, 4.69) is 39.2 Å². The maximum absolute atomic E-state index is 12.4. The fraction of sp³-hybridized carbons (Fsp3) is 0.783. The number of ether oxygens (including phenoxy) is 1. The molecule has 2 bridgehead atoms. The zero-order valence-electron chi connectivity index (χ0n) is 18.5. The standard InChI is InChI=1S/C23H36O4/c1-15(2)19(24)25-23(12-11-21(7,8)27-26-20(4,5)6)14-17-13-18(23)16(3)22(17,9)10/h16-18H,1,13-14H2,2-10H3/t16-,17+,18-,23-/m0/s1. The predicted octanol–water partition coefficient (Wildman–Crippen LogP) is 5.08. The van der Waals surface area contributed by atoms with Gasteiger partial charge in [0, 0.05) is 17.9 Å². The second-order valence-electron chi connectivity index (χ2n) is 10.5. The van der Waals surface area contributed by atoms with E-state index in [1.807, 2.05) is 34.6 Å². The summed E-state index contributed by atoms with van der Waals surface area (Å²) in [5, 5.41) is 0. The van der Waals surface area contributed by atoms with Gasteiger partial charge < -0.3 is 4.74 Å². The molecule has 0 aromatic carbocycles. The van der Waals surface area contributed by atoms with Crippen molar-refractivity contribution in [3.63, 3.8) is 0 Å². The summed E-state index contributed by atoms with van der Waals surface area (Å²) in [6.45, 7) is 21.8. The van der Waals surface area contributed by atoms with Crippen LogP contribution in [0.2, 0.25) is 0 Å². The summed E-state index contributed by atoms with van der Waals surface area (Å²) in [5.74, 6) is 7.25. The van der Waals surface area contributed by atoms with Gasteiger partial charge in [-0.2, -0.15) is 0 Å². The first-order chi connectivity index (χ1) is 12.1. The number of rotatable bonds is 4. The van der Waals surface area contributed by atoms with Crippen molar-refractivity contribution in [1.82, 2.24) is 0 Å². The van der Waals surface area contributed by atoms with Gasteiger partial charge in [0.2, 0.25) is 0 Å². The Morgan fingerprint density at radius 1 is 1.15 bits per heavy atom. The molecule has 4 nitrogen and oxygen atoms in total. The fourth-order valence-electron chi connectivity index (χ4n) is 4.21. The Kier molecular flexibility index (Phi) is 5.65. The molecule has 27 heavy (non-hydrogen) atoms. The van der Waals surface area contributed by atoms with Crippen LogP contribution in [0.15, 0.2) is 12.2 Å². The van der Waals surface area contributed by atoms with Crippen molar-refractivity contribution in [3.8, 4) is 11.8 Å². The molecule has 0 N–H and O–H groups in total. The summed E-state index contributed by atoms with van der Waals surface area (Å²) < 4.78 is 5.99. The average Bonchev–Trinajstić information content (AvgIpc) is 2.99. The lowest BCUT2D eigenvalue weighted by molar-refractivity contribution is -0.384. The smallest absolute Gasteiger partial charge is 0.334 e. The van der Waals surface area contributed by atoms with E-state index in [1.165, 1.54) is 0 Å². The van der Waals surface area contributed by atoms with Crippen molar-refractivity contribution >= 4 is 5.97 Å². The van der Waals surface area contributed by atoms with Crippen molar-refractivity contribution in [2.24, 2.45) is 23.2 Å². The molecule has 2 aliphatic carbocycles. The second-order valence-corrected chi connectivity index (χ2v) is 10.5. The number of carbonyl (C=O) groups is 1. The van der Waals surface area contributed by atoms with Gasteiger partial charge in [0.15, 0.2) is 11.2 Å². The molecule has 0 aromatic heterocycles. The Morgan fingerprint density at radius 2 is 1.74 bits per heavy atom. The molecular formula is C23H36O4. The van der Waals surface area contributed by atoms with Crippen LogP contribution in [0.4, 0.5) is 0 Å². The molecule has 152 valence electrons. The lowest BCUT2D eigenvalue weighted by atomic mass is 9.64. The van der Waals surface area contributed by atoms with Crippen LogP contribution in [0.1, 0.15) is 75.2 Å². The van der Waals surface area contributed by atoms with Gasteiger partial charge in [-0.3, -0.25) is 0 Å². The molecule has 0 saturated heterocycles. The van der Waals surface area contributed by atoms with Crippen LogP contribution in [0.5, 0.6) is 0 Å². The van der Waals surface area contributed by atoms with Crippen molar-refractivity contribution in [2.45, 2.75) is 92.0 Å². The Hall–Kier alpha value is -1.31. The highest BCUT2D eigenvalue weighted by molar-refractivity contribution is 5.87. The first-order valence-corrected chi connectivity index (χ1v) is 9.90. The molecule has 2 rings (SSSR count). The highest BCUT2D eigenvalue weighted by Gasteiger charge is 2.63. The van der Waals surface area contributed by atoms with Gasteiger partial charge in [-0.25, -0.2) is 14.6 Å². The largest absolute Gasteiger partial charge is 0.442 e. The van der Waals surface area contributed by atoms with E-state index in [4.69, 9.17) is 14.5 Å². The topological polar surface area (TPSA) is 44.8 Å². The summed E-state index contributed by atoms with van der Waals surface area (Å²) in [7, 11) is 0. The molecule has 4 heteroatoms. The molecule has 2 saturated carbocycles. The van der Waals surface area contributed by atoms with Gasteiger partial charge in [-0.15, -0.1) is 0 Å². The molecule has 0 unspecified atom stereocenters. The Morgan fingerprint density at radius 3 is 2.19 bits per heavy atom. The second kappa shape index (κ2) is 6.94. The molecule has 0 heterocycles. The Labute approximate surface area is 164 Å². The van der Waals surface area contributed by atoms with Gasteiger partial charge in [0.05, 0.1) is 5.60 Å². The monoisotopic (exact) mass is 376 g/mol. The van der Waals surface area contributed by atoms with Crippen molar-refractivity contribution in [1.29, 1.82) is 0 Å². The van der Waals surface area contributed by atoms with Crippen molar-refractivity contribution in [2.75, 3.05) is 0 Å². The summed E-state index contributed by atoms with van der Waals surface area (Å²) in [5.41, 5.74) is -1.38. The van der Waals surface area contributed by atoms with Crippen LogP contribution in [-0.2, 0) is 19.3 Å². The quantitative estimate of drug-likeness (QED) is 0.226. The zero-order valence-corrected chi connectivity index (χ0v) is 18.5. The summed E-state index contributed by atoms with van der Waals surface area (Å²) in [6, 6.07) is 0. The third kappa shape index (κ3) is 4.58. The molecule has 0 aliphatic heterocycles. The van der Waals surface area contributed by atoms with E-state index in [0.29, 0.717) is 17.4 Å². The maximum Gasteiger partial charge on any atom is 0.334 e. The fourth-order valence-corrected chi connectivity index (χ4v) is 4.21. The normalized spacial score (nSPS) is 32.0. The summed E-state index contributed by atoms with van der Waals surface area (Å²) >= 11 is 0. The summed E-state index contributed by atoms with van der Waals surface area (Å²) in [4.78, 5) is 23.4. The molecule has 2 aliphatic rings. The molecule has 0 amide bonds. The first kappa shape index (κ1) is 22.0. The number of hydrogen-bond acceptors (Lipinski definition) is 4. The molecule has 2 fully saturated rings. The van der Waals surface area contributed by atoms with E-state index < -0.39 is 16.8 Å². The van der Waals surface area contributed by atoms with Crippen LogP contribution >= 0.6 is 0 Å². The van der Waals surface area contributed by atoms with Crippen molar-refractivity contribution in [3.05, 3.63) is 12.2 Å². The van der Waals surface area contributed by atoms with E-state index in [1.54, 1.807) is 6.92 Å². The highest BCUT2D eigenvalue weighted by atomic mass is 17.2. The number of esters is 1. The van der Waals surface area contributed by atoms with Gasteiger partial charge >= 0.3 is 5.97 Å². The molecule has 4 atom stereocenters.